The highest BCUT2D eigenvalue weighted by Crippen LogP contribution is 2.27. The van der Waals surface area contributed by atoms with Gasteiger partial charge in [-0.3, -0.25) is 4.98 Å². The number of urea groups is 1. The lowest BCUT2D eigenvalue weighted by molar-refractivity contribution is 0.262. The zero-order chi connectivity index (χ0) is 20.9. The van der Waals surface area contributed by atoms with Crippen molar-refractivity contribution in [1.29, 1.82) is 0 Å². The highest BCUT2D eigenvalue weighted by atomic mass is 19.1. The Morgan fingerprint density at radius 2 is 1.87 bits per heavy atom. The Morgan fingerprint density at radius 1 is 1.00 bits per heavy atom. The number of aryl methyl sites for hydroxylation is 1. The van der Waals surface area contributed by atoms with Gasteiger partial charge in [0.15, 0.2) is 5.76 Å². The average Bonchev–Trinajstić information content (AvgIpc) is 3.21. The maximum absolute atomic E-state index is 13.7. The van der Waals surface area contributed by atoms with E-state index in [9.17, 15) is 9.18 Å². The lowest BCUT2D eigenvalue weighted by Crippen LogP contribution is -2.20. The predicted octanol–water partition coefficient (Wildman–Crippen LogP) is 5.57. The van der Waals surface area contributed by atoms with Crippen LogP contribution in [0.3, 0.4) is 0 Å². The number of para-hydroxylation sites is 1. The number of amides is 2. The number of halogens is 1. The highest BCUT2D eigenvalue weighted by molar-refractivity contribution is 6.00. The minimum Gasteiger partial charge on any atom is -0.423 e. The van der Waals surface area contributed by atoms with Crippen molar-refractivity contribution in [3.8, 4) is 11.3 Å². The summed E-state index contributed by atoms with van der Waals surface area (Å²) in [5.74, 6) is 0.0778. The van der Waals surface area contributed by atoms with Crippen molar-refractivity contribution in [1.82, 2.24) is 9.97 Å². The first kappa shape index (κ1) is 19.1. The molecule has 3 N–H and O–H groups in total. The van der Waals surface area contributed by atoms with Crippen LogP contribution in [0.4, 0.5) is 32.3 Å². The molecule has 0 unspecified atom stereocenters. The highest BCUT2D eigenvalue weighted by Gasteiger charge is 2.10. The number of carbonyl (C=O) groups excluding carboxylic acids is 1. The van der Waals surface area contributed by atoms with E-state index in [1.54, 1.807) is 42.9 Å². The Labute approximate surface area is 172 Å². The lowest BCUT2D eigenvalue weighted by atomic mass is 10.2. The molecule has 2 aromatic carbocycles. The number of hydrogen-bond acceptors (Lipinski definition) is 5. The minimum absolute atomic E-state index is 0.100. The molecule has 0 radical (unpaired) electrons. The minimum atomic E-state index is -0.551. The number of anilines is 4. The second-order valence-corrected chi connectivity index (χ2v) is 6.49. The molecule has 4 aromatic rings. The molecule has 0 aliphatic heterocycles. The van der Waals surface area contributed by atoms with Gasteiger partial charge in [-0.2, -0.15) is 0 Å². The van der Waals surface area contributed by atoms with Gasteiger partial charge in [0.25, 0.3) is 6.01 Å². The largest absolute Gasteiger partial charge is 0.423 e. The number of carbonyl (C=O) groups is 1. The number of benzene rings is 2. The predicted molar refractivity (Wildman–Crippen MR) is 113 cm³/mol. The van der Waals surface area contributed by atoms with Crippen LogP contribution in [0.25, 0.3) is 11.3 Å². The Bertz CT molecular complexity index is 1180. The van der Waals surface area contributed by atoms with E-state index in [4.69, 9.17) is 4.42 Å². The summed E-state index contributed by atoms with van der Waals surface area (Å²) in [4.78, 5) is 20.5. The fraction of sp³-hybridized carbons (Fsp3) is 0.0455. The number of nitrogens with zero attached hydrogens (tertiary/aromatic N) is 2. The van der Waals surface area contributed by atoms with Crippen molar-refractivity contribution < 1.29 is 13.6 Å². The summed E-state index contributed by atoms with van der Waals surface area (Å²) in [6, 6.07) is 14.7. The number of pyridine rings is 1. The number of hydrogen-bond donors (Lipinski definition) is 3. The Kier molecular flexibility index (Phi) is 5.38. The third-order valence-electron chi connectivity index (χ3n) is 4.31. The van der Waals surface area contributed by atoms with E-state index in [1.165, 1.54) is 12.1 Å². The molecule has 0 fully saturated rings. The Morgan fingerprint density at radius 3 is 2.67 bits per heavy atom. The van der Waals surface area contributed by atoms with Crippen LogP contribution in [0.15, 0.2) is 77.6 Å². The van der Waals surface area contributed by atoms with Crippen molar-refractivity contribution in [3.63, 3.8) is 0 Å². The molecule has 150 valence electrons. The molecule has 30 heavy (non-hydrogen) atoms. The van der Waals surface area contributed by atoms with Gasteiger partial charge in [-0.15, -0.1) is 0 Å². The zero-order valence-electron chi connectivity index (χ0n) is 16.0. The molecule has 0 aliphatic carbocycles. The third-order valence-corrected chi connectivity index (χ3v) is 4.31. The van der Waals surface area contributed by atoms with Gasteiger partial charge in [0, 0.05) is 29.3 Å². The summed E-state index contributed by atoms with van der Waals surface area (Å²) < 4.78 is 19.4. The molecule has 8 heteroatoms. The lowest BCUT2D eigenvalue weighted by Gasteiger charge is -2.11. The van der Waals surface area contributed by atoms with Crippen molar-refractivity contribution in [2.75, 3.05) is 16.0 Å². The summed E-state index contributed by atoms with van der Waals surface area (Å²) in [7, 11) is 0. The maximum atomic E-state index is 13.7. The van der Waals surface area contributed by atoms with Crippen LogP contribution in [-0.2, 0) is 0 Å². The Balaban J connectivity index is 1.46. The number of aromatic nitrogens is 2. The monoisotopic (exact) mass is 403 g/mol. The van der Waals surface area contributed by atoms with E-state index in [1.807, 2.05) is 25.1 Å². The summed E-state index contributed by atoms with van der Waals surface area (Å²) in [6.45, 7) is 1.91. The molecule has 2 heterocycles. The van der Waals surface area contributed by atoms with Crippen LogP contribution in [0.1, 0.15) is 5.56 Å². The van der Waals surface area contributed by atoms with Gasteiger partial charge in [0.1, 0.15) is 5.82 Å². The normalized spacial score (nSPS) is 10.5. The fourth-order valence-corrected chi connectivity index (χ4v) is 2.77. The quantitative estimate of drug-likeness (QED) is 0.405. The van der Waals surface area contributed by atoms with E-state index < -0.39 is 11.8 Å². The summed E-state index contributed by atoms with van der Waals surface area (Å²) in [6.07, 6.45) is 4.98. The number of nitrogens with one attached hydrogen (secondary N) is 3. The molecule has 0 aliphatic rings. The van der Waals surface area contributed by atoms with Crippen molar-refractivity contribution in [3.05, 3.63) is 84.6 Å². The topological polar surface area (TPSA) is 92.1 Å². The molecule has 7 nitrogen and oxygen atoms in total. The molecular weight excluding hydrogens is 385 g/mol. The van der Waals surface area contributed by atoms with Gasteiger partial charge in [0.2, 0.25) is 0 Å². The van der Waals surface area contributed by atoms with Crippen LogP contribution in [-0.4, -0.2) is 16.0 Å². The molecule has 0 saturated carbocycles. The van der Waals surface area contributed by atoms with E-state index in [-0.39, 0.29) is 5.69 Å². The second kappa shape index (κ2) is 8.44. The van der Waals surface area contributed by atoms with Gasteiger partial charge in [0.05, 0.1) is 11.9 Å². The molecule has 0 spiro atoms. The van der Waals surface area contributed by atoms with Crippen LogP contribution >= 0.6 is 0 Å². The standard InChI is InChI=1S/C22H18FN5O2/c1-14-8-9-16(26-21(29)27-18-7-3-2-6-17(18)23)11-19(14)28-22-25-13-20(30-22)15-5-4-10-24-12-15/h2-13H,1H3,(H,25,28)(H2,26,27,29). The third kappa shape index (κ3) is 4.44. The molecule has 4 rings (SSSR count). The van der Waals surface area contributed by atoms with Crippen molar-refractivity contribution in [2.45, 2.75) is 6.92 Å². The van der Waals surface area contributed by atoms with Gasteiger partial charge in [-0.1, -0.05) is 18.2 Å². The molecular formula is C22H18FN5O2. The van der Waals surface area contributed by atoms with Gasteiger partial charge >= 0.3 is 6.03 Å². The van der Waals surface area contributed by atoms with Crippen LogP contribution in [0.5, 0.6) is 0 Å². The molecule has 2 aromatic heterocycles. The Hall–Kier alpha value is -4.20. The van der Waals surface area contributed by atoms with E-state index in [0.717, 1.165) is 11.1 Å². The van der Waals surface area contributed by atoms with E-state index in [2.05, 4.69) is 25.9 Å². The van der Waals surface area contributed by atoms with Crippen molar-refractivity contribution >= 4 is 29.1 Å². The average molecular weight is 403 g/mol. The second-order valence-electron chi connectivity index (χ2n) is 6.49. The van der Waals surface area contributed by atoms with Crippen LogP contribution in [0, 0.1) is 12.7 Å². The zero-order valence-corrected chi connectivity index (χ0v) is 16.0. The molecule has 0 atom stereocenters. The smallest absolute Gasteiger partial charge is 0.323 e. The first-order valence-electron chi connectivity index (χ1n) is 9.15. The molecule has 0 bridgehead atoms. The first-order valence-corrected chi connectivity index (χ1v) is 9.15. The fourth-order valence-electron chi connectivity index (χ4n) is 2.77. The maximum Gasteiger partial charge on any atom is 0.323 e. The van der Waals surface area contributed by atoms with Gasteiger partial charge in [-0.25, -0.2) is 14.2 Å². The number of oxazole rings is 1. The van der Waals surface area contributed by atoms with Gasteiger partial charge in [-0.05, 0) is 48.9 Å². The van der Waals surface area contributed by atoms with Crippen LogP contribution < -0.4 is 16.0 Å². The van der Waals surface area contributed by atoms with Crippen LogP contribution in [0.2, 0.25) is 0 Å². The van der Waals surface area contributed by atoms with E-state index >= 15 is 0 Å². The number of rotatable bonds is 5. The molecule has 2 amide bonds. The molecule has 0 saturated heterocycles. The van der Waals surface area contributed by atoms with E-state index in [0.29, 0.717) is 23.1 Å². The van der Waals surface area contributed by atoms with Crippen molar-refractivity contribution in [2.24, 2.45) is 0 Å². The SMILES string of the molecule is Cc1ccc(NC(=O)Nc2ccccc2F)cc1Nc1ncc(-c2cccnc2)o1. The summed E-state index contributed by atoms with van der Waals surface area (Å²) in [5, 5.41) is 8.27. The first-order chi connectivity index (χ1) is 14.6. The summed E-state index contributed by atoms with van der Waals surface area (Å²) in [5.41, 5.74) is 3.07. The summed E-state index contributed by atoms with van der Waals surface area (Å²) >= 11 is 0. The van der Waals surface area contributed by atoms with Gasteiger partial charge < -0.3 is 20.4 Å².